The Hall–Kier alpha value is -3.20. The number of nitrogens with zero attached hydrogens (tertiary/aromatic N) is 4. The van der Waals surface area contributed by atoms with Crippen molar-refractivity contribution in [1.29, 1.82) is 0 Å². The molecule has 0 saturated carbocycles. The highest BCUT2D eigenvalue weighted by molar-refractivity contribution is 7.10. The molecule has 3 heterocycles. The molecule has 0 bridgehead atoms. The van der Waals surface area contributed by atoms with Gasteiger partial charge in [0.1, 0.15) is 0 Å². The Morgan fingerprint density at radius 1 is 1.15 bits per heavy atom. The lowest BCUT2D eigenvalue weighted by molar-refractivity contribution is 0.256. The maximum absolute atomic E-state index is 12.5. The van der Waals surface area contributed by atoms with Gasteiger partial charge in [-0.25, -0.2) is 4.79 Å². The summed E-state index contributed by atoms with van der Waals surface area (Å²) in [7, 11) is 3.14. The van der Waals surface area contributed by atoms with Crippen molar-refractivity contribution in [2.45, 2.75) is 6.54 Å². The maximum atomic E-state index is 12.5. The van der Waals surface area contributed by atoms with Crippen LogP contribution in [0.4, 0.5) is 15.6 Å². The molecule has 1 N–H and O–H groups in total. The Kier molecular flexibility index (Phi) is 4.13. The van der Waals surface area contributed by atoms with Gasteiger partial charge < -0.3 is 14.8 Å². The second-order valence-electron chi connectivity index (χ2n) is 5.52. The lowest BCUT2D eigenvalue weighted by Crippen LogP contribution is -2.38. The first kappa shape index (κ1) is 16.3. The van der Waals surface area contributed by atoms with Crippen molar-refractivity contribution in [3.05, 3.63) is 42.2 Å². The van der Waals surface area contributed by atoms with Crippen LogP contribution in [0.2, 0.25) is 0 Å². The van der Waals surface area contributed by atoms with Gasteiger partial charge in [0.05, 0.1) is 26.5 Å². The number of aromatic nitrogens is 3. The van der Waals surface area contributed by atoms with Gasteiger partial charge in [-0.15, -0.1) is 0 Å². The van der Waals surface area contributed by atoms with E-state index in [2.05, 4.69) is 19.7 Å². The van der Waals surface area contributed by atoms with Gasteiger partial charge in [-0.05, 0) is 23.8 Å². The number of pyridine rings is 1. The van der Waals surface area contributed by atoms with Gasteiger partial charge in [0.2, 0.25) is 5.13 Å². The fourth-order valence-corrected chi connectivity index (χ4v) is 3.38. The fourth-order valence-electron chi connectivity index (χ4n) is 2.69. The molecule has 4 rings (SSSR count). The molecule has 2 aromatic heterocycles. The van der Waals surface area contributed by atoms with Crippen molar-refractivity contribution in [2.24, 2.45) is 0 Å². The van der Waals surface area contributed by atoms with Crippen LogP contribution in [0.15, 0.2) is 36.7 Å². The molecule has 0 unspecified atom stereocenters. The third-order valence-electron chi connectivity index (χ3n) is 4.01. The van der Waals surface area contributed by atoms with Gasteiger partial charge in [-0.3, -0.25) is 9.88 Å². The van der Waals surface area contributed by atoms with Gasteiger partial charge in [-0.1, -0.05) is 0 Å². The zero-order valence-electron chi connectivity index (χ0n) is 14.1. The van der Waals surface area contributed by atoms with Crippen LogP contribution < -0.4 is 19.7 Å². The molecule has 0 aliphatic carbocycles. The Bertz CT molecular complexity index is 960. The number of fused-ring (bicyclic) bond motifs is 1. The van der Waals surface area contributed by atoms with E-state index in [1.807, 2.05) is 18.2 Å². The van der Waals surface area contributed by atoms with Crippen LogP contribution in [0.5, 0.6) is 11.5 Å². The first-order valence-electron chi connectivity index (χ1n) is 7.77. The average molecular weight is 369 g/mol. The lowest BCUT2D eigenvalue weighted by Gasteiger charge is -2.27. The summed E-state index contributed by atoms with van der Waals surface area (Å²) < 4.78 is 15.0. The Labute approximate surface area is 153 Å². The number of amides is 2. The lowest BCUT2D eigenvalue weighted by atomic mass is 10.1. The van der Waals surface area contributed by atoms with Gasteiger partial charge in [0, 0.05) is 35.6 Å². The number of nitrogens with one attached hydrogen (secondary N) is 1. The molecule has 1 aliphatic rings. The fraction of sp³-hybridized carbons (Fsp3) is 0.176. The molecular formula is C17H15N5O3S. The quantitative estimate of drug-likeness (QED) is 0.760. The van der Waals surface area contributed by atoms with Crippen molar-refractivity contribution < 1.29 is 14.3 Å². The number of urea groups is 1. The van der Waals surface area contributed by atoms with E-state index >= 15 is 0 Å². The zero-order chi connectivity index (χ0) is 18.1. The molecule has 2 amide bonds. The second-order valence-corrected chi connectivity index (χ2v) is 6.25. The van der Waals surface area contributed by atoms with Crippen LogP contribution >= 0.6 is 11.5 Å². The summed E-state index contributed by atoms with van der Waals surface area (Å²) in [5.74, 6) is 1.74. The summed E-state index contributed by atoms with van der Waals surface area (Å²) in [6.45, 7) is 0.368. The van der Waals surface area contributed by atoms with Crippen LogP contribution in [-0.4, -0.2) is 34.6 Å². The molecule has 26 heavy (non-hydrogen) atoms. The minimum absolute atomic E-state index is 0.262. The third kappa shape index (κ3) is 2.82. The van der Waals surface area contributed by atoms with E-state index in [9.17, 15) is 4.79 Å². The topological polar surface area (TPSA) is 89.5 Å². The van der Waals surface area contributed by atoms with E-state index in [0.29, 0.717) is 34.7 Å². The first-order valence-corrected chi connectivity index (χ1v) is 8.54. The molecule has 0 radical (unpaired) electrons. The number of hydrogen-bond donors (Lipinski definition) is 1. The number of hydrogen-bond acceptors (Lipinski definition) is 7. The highest BCUT2D eigenvalue weighted by atomic mass is 32.1. The minimum atomic E-state index is -0.262. The van der Waals surface area contributed by atoms with Crippen LogP contribution in [0, 0.1) is 0 Å². The average Bonchev–Trinajstić information content (AvgIpc) is 3.17. The van der Waals surface area contributed by atoms with E-state index in [1.54, 1.807) is 37.6 Å². The van der Waals surface area contributed by atoms with Crippen molar-refractivity contribution in [2.75, 3.05) is 24.4 Å². The summed E-state index contributed by atoms with van der Waals surface area (Å²) in [6.07, 6.45) is 3.36. The SMILES string of the molecule is COc1cc2c(cc1OC)NC(=O)N(c1nc(-c3ccncc3)ns1)C2. The third-order valence-corrected chi connectivity index (χ3v) is 4.75. The van der Waals surface area contributed by atoms with Crippen molar-refractivity contribution in [3.63, 3.8) is 0 Å². The number of methoxy groups -OCH3 is 2. The van der Waals surface area contributed by atoms with E-state index in [-0.39, 0.29) is 6.03 Å². The number of carbonyl (C=O) groups excluding carboxylic acids is 1. The zero-order valence-corrected chi connectivity index (χ0v) is 14.9. The largest absolute Gasteiger partial charge is 0.493 e. The number of rotatable bonds is 4. The van der Waals surface area contributed by atoms with Crippen molar-refractivity contribution in [3.8, 4) is 22.9 Å². The monoisotopic (exact) mass is 369 g/mol. The molecule has 8 nitrogen and oxygen atoms in total. The number of ether oxygens (including phenoxy) is 2. The number of benzene rings is 1. The molecule has 0 atom stereocenters. The molecule has 9 heteroatoms. The maximum Gasteiger partial charge on any atom is 0.328 e. The first-order chi connectivity index (χ1) is 12.7. The smallest absolute Gasteiger partial charge is 0.328 e. The predicted molar refractivity (Wildman–Crippen MR) is 97.9 cm³/mol. The summed E-state index contributed by atoms with van der Waals surface area (Å²) in [5, 5.41) is 3.39. The minimum Gasteiger partial charge on any atom is -0.493 e. The molecule has 1 aromatic carbocycles. The highest BCUT2D eigenvalue weighted by Crippen LogP contribution is 2.37. The Morgan fingerprint density at radius 2 is 1.88 bits per heavy atom. The summed E-state index contributed by atoms with van der Waals surface area (Å²) in [4.78, 5) is 22.6. The van der Waals surface area contributed by atoms with Crippen LogP contribution in [0.25, 0.3) is 11.4 Å². The van der Waals surface area contributed by atoms with E-state index in [0.717, 1.165) is 11.1 Å². The van der Waals surface area contributed by atoms with Crippen LogP contribution in [0.1, 0.15) is 5.56 Å². The normalized spacial score (nSPS) is 13.2. The van der Waals surface area contributed by atoms with E-state index in [4.69, 9.17) is 9.47 Å². The van der Waals surface area contributed by atoms with Crippen LogP contribution in [0.3, 0.4) is 0 Å². The van der Waals surface area contributed by atoms with Gasteiger partial charge in [0.15, 0.2) is 17.3 Å². The number of anilines is 2. The molecular weight excluding hydrogens is 354 g/mol. The molecule has 0 fully saturated rings. The summed E-state index contributed by atoms with van der Waals surface area (Å²) in [6, 6.07) is 7.00. The second kappa shape index (κ2) is 6.60. The Morgan fingerprint density at radius 3 is 2.62 bits per heavy atom. The van der Waals surface area contributed by atoms with E-state index < -0.39 is 0 Å². The van der Waals surface area contributed by atoms with Crippen LogP contribution in [-0.2, 0) is 6.54 Å². The molecule has 3 aromatic rings. The summed E-state index contributed by atoms with van der Waals surface area (Å²) >= 11 is 1.17. The Balaban J connectivity index is 1.66. The predicted octanol–water partition coefficient (Wildman–Crippen LogP) is 3.17. The molecule has 0 spiro atoms. The summed E-state index contributed by atoms with van der Waals surface area (Å²) in [5.41, 5.74) is 2.46. The van der Waals surface area contributed by atoms with Gasteiger partial charge in [0.25, 0.3) is 0 Å². The standard InChI is InChI=1S/C17H15N5O3S/c1-24-13-7-11-9-22(16(23)19-12(11)8-14(13)25-2)17-20-15(21-26-17)10-3-5-18-6-4-10/h3-8H,9H2,1-2H3,(H,19,23). The molecule has 0 saturated heterocycles. The highest BCUT2D eigenvalue weighted by Gasteiger charge is 2.28. The molecule has 1 aliphatic heterocycles. The number of carbonyl (C=O) groups is 1. The molecule has 132 valence electrons. The van der Waals surface area contributed by atoms with Gasteiger partial charge in [-0.2, -0.15) is 9.36 Å². The van der Waals surface area contributed by atoms with E-state index in [1.165, 1.54) is 11.5 Å². The van der Waals surface area contributed by atoms with Crippen molar-refractivity contribution >= 4 is 28.4 Å². The van der Waals surface area contributed by atoms with Crippen molar-refractivity contribution in [1.82, 2.24) is 14.3 Å². The van der Waals surface area contributed by atoms with Gasteiger partial charge >= 0.3 is 6.03 Å².